The lowest BCUT2D eigenvalue weighted by Gasteiger charge is -2.09. The first-order valence-electron chi connectivity index (χ1n) is 5.92. The van der Waals surface area contributed by atoms with Gasteiger partial charge in [-0.15, -0.1) is 16.7 Å². The average molecular weight is 282 g/mol. The monoisotopic (exact) mass is 281 g/mol. The number of methoxy groups -OCH3 is 2. The molecule has 2 rings (SSSR count). The fourth-order valence-electron chi connectivity index (χ4n) is 1.79. The van der Waals surface area contributed by atoms with Crippen molar-refractivity contribution < 1.29 is 9.47 Å². The Labute approximate surface area is 117 Å². The van der Waals surface area contributed by atoms with Gasteiger partial charge in [0.25, 0.3) is 0 Å². The molecule has 19 heavy (non-hydrogen) atoms. The van der Waals surface area contributed by atoms with E-state index in [1.54, 1.807) is 18.9 Å². The van der Waals surface area contributed by atoms with Crippen molar-refractivity contribution in [1.82, 2.24) is 15.0 Å². The summed E-state index contributed by atoms with van der Waals surface area (Å²) in [5.74, 6) is 1.98. The number of ether oxygens (including phenoxy) is 2. The van der Waals surface area contributed by atoms with Gasteiger partial charge in [-0.1, -0.05) is 11.3 Å². The van der Waals surface area contributed by atoms with Gasteiger partial charge in [0, 0.05) is 18.5 Å². The fourth-order valence-corrected chi connectivity index (χ4v) is 1.99. The fraction of sp³-hybridized carbons (Fsp3) is 0.385. The molecule has 1 aromatic carbocycles. The van der Waals surface area contributed by atoms with Gasteiger partial charge in [0.2, 0.25) is 0 Å². The van der Waals surface area contributed by atoms with Gasteiger partial charge in [-0.25, -0.2) is 4.68 Å². The van der Waals surface area contributed by atoms with Gasteiger partial charge in [0.05, 0.1) is 26.5 Å². The third-order valence-corrected chi connectivity index (χ3v) is 2.92. The van der Waals surface area contributed by atoms with Crippen LogP contribution in [0.25, 0.3) is 0 Å². The number of alkyl halides is 1. The third-order valence-electron chi connectivity index (χ3n) is 2.73. The maximum atomic E-state index is 5.67. The van der Waals surface area contributed by atoms with Crippen molar-refractivity contribution in [3.63, 3.8) is 0 Å². The number of rotatable bonds is 6. The lowest BCUT2D eigenvalue weighted by Crippen LogP contribution is -2.01. The molecule has 0 amide bonds. The summed E-state index contributed by atoms with van der Waals surface area (Å²) in [6, 6.07) is 5.79. The zero-order valence-corrected chi connectivity index (χ0v) is 11.7. The van der Waals surface area contributed by atoms with E-state index in [1.165, 1.54) is 0 Å². The molecular formula is C13H16ClN3O2. The molecule has 0 aliphatic carbocycles. The Bertz CT molecular complexity index is 542. The van der Waals surface area contributed by atoms with Crippen molar-refractivity contribution in [2.24, 2.45) is 0 Å². The topological polar surface area (TPSA) is 49.2 Å². The minimum Gasteiger partial charge on any atom is -0.493 e. The van der Waals surface area contributed by atoms with E-state index in [-0.39, 0.29) is 0 Å². The summed E-state index contributed by atoms with van der Waals surface area (Å²) in [7, 11) is 3.24. The molecule has 5 nitrogen and oxygen atoms in total. The van der Waals surface area contributed by atoms with Gasteiger partial charge in [-0.2, -0.15) is 0 Å². The molecule has 0 aliphatic heterocycles. The van der Waals surface area contributed by atoms with Gasteiger partial charge < -0.3 is 9.47 Å². The van der Waals surface area contributed by atoms with E-state index in [1.807, 2.05) is 24.4 Å². The predicted octanol–water partition coefficient (Wildman–Crippen LogP) is 2.12. The quantitative estimate of drug-likeness (QED) is 0.761. The molecule has 0 unspecified atom stereocenters. The lowest BCUT2D eigenvalue weighted by atomic mass is 10.2. The Hall–Kier alpha value is -1.75. The molecular weight excluding hydrogens is 266 g/mol. The van der Waals surface area contributed by atoms with Crippen molar-refractivity contribution in [3.05, 3.63) is 35.7 Å². The van der Waals surface area contributed by atoms with E-state index < -0.39 is 0 Å². The first-order valence-corrected chi connectivity index (χ1v) is 6.46. The van der Waals surface area contributed by atoms with E-state index in [9.17, 15) is 0 Å². The van der Waals surface area contributed by atoms with Crippen LogP contribution in [0.15, 0.2) is 24.4 Å². The van der Waals surface area contributed by atoms with Crippen LogP contribution in [0.4, 0.5) is 0 Å². The maximum Gasteiger partial charge on any atom is 0.161 e. The van der Waals surface area contributed by atoms with E-state index >= 15 is 0 Å². The molecule has 0 fully saturated rings. The minimum absolute atomic E-state index is 0.551. The molecule has 102 valence electrons. The first kappa shape index (κ1) is 13.7. The highest BCUT2D eigenvalue weighted by Crippen LogP contribution is 2.27. The largest absolute Gasteiger partial charge is 0.493 e. The van der Waals surface area contributed by atoms with Crippen LogP contribution >= 0.6 is 11.6 Å². The average Bonchev–Trinajstić information content (AvgIpc) is 2.86. The molecule has 0 spiro atoms. The van der Waals surface area contributed by atoms with Crippen LogP contribution in [0, 0.1) is 0 Å². The second kappa shape index (κ2) is 6.43. The van der Waals surface area contributed by atoms with Crippen LogP contribution in [-0.2, 0) is 13.0 Å². The van der Waals surface area contributed by atoms with E-state index in [2.05, 4.69) is 10.3 Å². The van der Waals surface area contributed by atoms with Crippen molar-refractivity contribution in [2.45, 2.75) is 13.0 Å². The van der Waals surface area contributed by atoms with Crippen molar-refractivity contribution >= 4 is 11.6 Å². The smallest absolute Gasteiger partial charge is 0.161 e. The normalized spacial score (nSPS) is 10.5. The van der Waals surface area contributed by atoms with Crippen LogP contribution in [0.1, 0.15) is 11.3 Å². The number of aryl methyl sites for hydroxylation is 1. The molecule has 0 atom stereocenters. The number of halogens is 1. The van der Waals surface area contributed by atoms with Crippen LogP contribution in [0.5, 0.6) is 11.5 Å². The summed E-state index contributed by atoms with van der Waals surface area (Å²) < 4.78 is 12.3. The second-order valence-corrected chi connectivity index (χ2v) is 4.41. The molecule has 1 aromatic heterocycles. The zero-order chi connectivity index (χ0) is 13.7. The number of hydrogen-bond acceptors (Lipinski definition) is 4. The Balaban J connectivity index is 2.13. The summed E-state index contributed by atoms with van der Waals surface area (Å²) in [4.78, 5) is 0. The maximum absolute atomic E-state index is 5.67. The molecule has 0 saturated heterocycles. The highest BCUT2D eigenvalue weighted by Gasteiger charge is 2.06. The van der Waals surface area contributed by atoms with Crippen molar-refractivity contribution in [1.29, 1.82) is 0 Å². The van der Waals surface area contributed by atoms with Gasteiger partial charge >= 0.3 is 0 Å². The standard InChI is InChI=1S/C13H16ClN3O2/c1-18-12-4-3-10(7-13(12)19-2)8-17-9-11(5-6-14)15-16-17/h3-4,7,9H,5-6,8H2,1-2H3. The van der Waals surface area contributed by atoms with Gasteiger partial charge in [-0.3, -0.25) is 0 Å². The molecule has 0 radical (unpaired) electrons. The van der Waals surface area contributed by atoms with Crippen molar-refractivity contribution in [2.75, 3.05) is 20.1 Å². The van der Waals surface area contributed by atoms with Gasteiger partial charge in [-0.05, 0) is 17.7 Å². The molecule has 1 heterocycles. The summed E-state index contributed by atoms with van der Waals surface area (Å²) in [6.45, 7) is 0.635. The second-order valence-electron chi connectivity index (χ2n) is 4.04. The Morgan fingerprint density at radius 3 is 2.68 bits per heavy atom. The Morgan fingerprint density at radius 2 is 2.00 bits per heavy atom. The van der Waals surface area contributed by atoms with E-state index in [0.29, 0.717) is 23.9 Å². The summed E-state index contributed by atoms with van der Waals surface area (Å²) in [5, 5.41) is 8.12. The Kier molecular flexibility index (Phi) is 4.63. The highest BCUT2D eigenvalue weighted by molar-refractivity contribution is 6.17. The molecule has 0 aliphatic rings. The van der Waals surface area contributed by atoms with Crippen LogP contribution < -0.4 is 9.47 Å². The SMILES string of the molecule is COc1ccc(Cn2cc(CCCl)nn2)cc1OC. The van der Waals surface area contributed by atoms with E-state index in [4.69, 9.17) is 21.1 Å². The van der Waals surface area contributed by atoms with Gasteiger partial charge in [0.1, 0.15) is 0 Å². The lowest BCUT2D eigenvalue weighted by molar-refractivity contribution is 0.354. The number of aromatic nitrogens is 3. The zero-order valence-electron chi connectivity index (χ0n) is 11.0. The van der Waals surface area contributed by atoms with E-state index in [0.717, 1.165) is 17.7 Å². The van der Waals surface area contributed by atoms with Crippen molar-refractivity contribution in [3.8, 4) is 11.5 Å². The summed E-state index contributed by atoms with van der Waals surface area (Å²) in [6.07, 6.45) is 2.63. The first-order chi connectivity index (χ1) is 9.26. The molecule has 0 bridgehead atoms. The van der Waals surface area contributed by atoms with Crippen LogP contribution in [-0.4, -0.2) is 35.1 Å². The van der Waals surface area contributed by atoms with Crippen LogP contribution in [0.3, 0.4) is 0 Å². The van der Waals surface area contributed by atoms with Crippen LogP contribution in [0.2, 0.25) is 0 Å². The number of benzene rings is 1. The summed E-state index contributed by atoms with van der Waals surface area (Å²) in [5.41, 5.74) is 1.97. The number of nitrogens with zero attached hydrogens (tertiary/aromatic N) is 3. The minimum atomic E-state index is 0.551. The Morgan fingerprint density at radius 1 is 1.21 bits per heavy atom. The molecule has 0 N–H and O–H groups in total. The number of hydrogen-bond donors (Lipinski definition) is 0. The summed E-state index contributed by atoms with van der Waals surface area (Å²) >= 11 is 5.67. The highest BCUT2D eigenvalue weighted by atomic mass is 35.5. The predicted molar refractivity (Wildman–Crippen MR) is 73.1 cm³/mol. The van der Waals surface area contributed by atoms with Gasteiger partial charge in [0.15, 0.2) is 11.5 Å². The molecule has 0 saturated carbocycles. The molecule has 6 heteroatoms. The third kappa shape index (κ3) is 3.38. The molecule has 2 aromatic rings.